The molecule has 0 saturated carbocycles. The van der Waals surface area contributed by atoms with Crippen molar-refractivity contribution >= 4 is 35.2 Å². The molecule has 0 spiro atoms. The van der Waals surface area contributed by atoms with Crippen LogP contribution in [0.4, 0.5) is 4.39 Å². The maximum absolute atomic E-state index is 13.5. The lowest BCUT2D eigenvalue weighted by molar-refractivity contribution is -0.140. The number of nitrogens with one attached hydrogen (secondary N) is 1. The van der Waals surface area contributed by atoms with E-state index in [2.05, 4.69) is 5.32 Å². The third kappa shape index (κ3) is 5.48. The van der Waals surface area contributed by atoms with Gasteiger partial charge >= 0.3 is 5.97 Å². The Morgan fingerprint density at radius 3 is 2.74 bits per heavy atom. The molecule has 0 aliphatic rings. The predicted octanol–water partition coefficient (Wildman–Crippen LogP) is 2.30. The van der Waals surface area contributed by atoms with Crippen molar-refractivity contribution < 1.29 is 19.1 Å². The van der Waals surface area contributed by atoms with Gasteiger partial charge < -0.3 is 10.4 Å². The molecule has 0 aliphatic heterocycles. The minimum Gasteiger partial charge on any atom is -0.480 e. The lowest BCUT2D eigenvalue weighted by Gasteiger charge is -2.12. The summed E-state index contributed by atoms with van der Waals surface area (Å²) in [6.07, 6.45) is 0. The second kappa shape index (κ2) is 7.35. The van der Waals surface area contributed by atoms with Crippen molar-refractivity contribution in [1.82, 2.24) is 5.32 Å². The molecule has 0 heterocycles. The van der Waals surface area contributed by atoms with Crippen LogP contribution in [0.2, 0.25) is 5.02 Å². The molecule has 0 bridgehead atoms. The summed E-state index contributed by atoms with van der Waals surface area (Å²) in [7, 11) is 0. The summed E-state index contributed by atoms with van der Waals surface area (Å²) in [4.78, 5) is 21.7. The standard InChI is InChI=1S/C12H13ClFNO3S/c1-7(16)15-11(12(17)18)6-19-5-8-2-3-9(13)4-10(8)14/h2-4,11H,5-6H2,1H3,(H,15,16)(H,17,18). The third-order valence-electron chi connectivity index (χ3n) is 2.23. The van der Waals surface area contributed by atoms with Crippen molar-refractivity contribution in [1.29, 1.82) is 0 Å². The Morgan fingerprint density at radius 1 is 1.53 bits per heavy atom. The maximum Gasteiger partial charge on any atom is 0.327 e. The van der Waals surface area contributed by atoms with E-state index in [4.69, 9.17) is 16.7 Å². The van der Waals surface area contributed by atoms with Crippen molar-refractivity contribution in [2.45, 2.75) is 18.7 Å². The molecule has 2 N–H and O–H groups in total. The van der Waals surface area contributed by atoms with Gasteiger partial charge in [0, 0.05) is 23.5 Å². The van der Waals surface area contributed by atoms with Crippen LogP contribution in [0.1, 0.15) is 12.5 Å². The van der Waals surface area contributed by atoms with Gasteiger partial charge in [0.25, 0.3) is 0 Å². The van der Waals surface area contributed by atoms with Gasteiger partial charge in [-0.1, -0.05) is 17.7 Å². The molecule has 1 aromatic carbocycles. The Bertz CT molecular complexity index is 484. The fourth-order valence-electron chi connectivity index (χ4n) is 1.35. The first-order chi connectivity index (χ1) is 8.90. The van der Waals surface area contributed by atoms with E-state index in [1.807, 2.05) is 0 Å². The van der Waals surface area contributed by atoms with Gasteiger partial charge in [-0.2, -0.15) is 11.8 Å². The van der Waals surface area contributed by atoms with Gasteiger partial charge in [-0.05, 0) is 17.7 Å². The van der Waals surface area contributed by atoms with Crippen LogP contribution >= 0.6 is 23.4 Å². The molecule has 4 nitrogen and oxygen atoms in total. The van der Waals surface area contributed by atoms with E-state index in [0.29, 0.717) is 16.3 Å². The van der Waals surface area contributed by atoms with Crippen molar-refractivity contribution in [3.05, 3.63) is 34.6 Å². The molecule has 1 amide bonds. The highest BCUT2D eigenvalue weighted by atomic mass is 35.5. The summed E-state index contributed by atoms with van der Waals surface area (Å²) in [5.41, 5.74) is 0.446. The first kappa shape index (κ1) is 15.8. The Hall–Kier alpha value is -1.27. The number of rotatable bonds is 6. The molecule has 7 heteroatoms. The van der Waals surface area contributed by atoms with Crippen LogP contribution in [0.25, 0.3) is 0 Å². The fourth-order valence-corrected chi connectivity index (χ4v) is 2.54. The first-order valence-corrected chi connectivity index (χ1v) is 6.95. The van der Waals surface area contributed by atoms with E-state index in [1.54, 1.807) is 12.1 Å². The Balaban J connectivity index is 2.52. The number of aliphatic carboxylic acids is 1. The van der Waals surface area contributed by atoms with Crippen LogP contribution in [0, 0.1) is 5.82 Å². The average molecular weight is 306 g/mol. The number of halogens is 2. The van der Waals surface area contributed by atoms with Gasteiger partial charge in [0.2, 0.25) is 5.91 Å². The van der Waals surface area contributed by atoms with Gasteiger partial charge in [0.05, 0.1) is 0 Å². The SMILES string of the molecule is CC(=O)NC(CSCc1ccc(Cl)cc1F)C(=O)O. The highest BCUT2D eigenvalue weighted by Crippen LogP contribution is 2.19. The van der Waals surface area contributed by atoms with E-state index >= 15 is 0 Å². The lowest BCUT2D eigenvalue weighted by Crippen LogP contribution is -2.41. The quantitative estimate of drug-likeness (QED) is 0.846. The second-order valence-corrected chi connectivity index (χ2v) is 5.31. The van der Waals surface area contributed by atoms with E-state index < -0.39 is 23.7 Å². The number of hydrogen-bond donors (Lipinski definition) is 2. The highest BCUT2D eigenvalue weighted by Gasteiger charge is 2.18. The van der Waals surface area contributed by atoms with E-state index in [-0.39, 0.29) is 5.75 Å². The van der Waals surface area contributed by atoms with Crippen LogP contribution in [0.5, 0.6) is 0 Å². The molecule has 1 atom stereocenters. The largest absolute Gasteiger partial charge is 0.480 e. The summed E-state index contributed by atoms with van der Waals surface area (Å²) < 4.78 is 13.5. The molecule has 0 radical (unpaired) electrons. The number of benzene rings is 1. The molecule has 1 rings (SSSR count). The Labute approximate surface area is 119 Å². The Morgan fingerprint density at radius 2 is 2.21 bits per heavy atom. The van der Waals surface area contributed by atoms with Crippen LogP contribution in [-0.2, 0) is 15.3 Å². The second-order valence-electron chi connectivity index (χ2n) is 3.84. The minimum atomic E-state index is -1.11. The normalized spacial score (nSPS) is 11.9. The van der Waals surface area contributed by atoms with Crippen molar-refractivity contribution in [3.8, 4) is 0 Å². The minimum absolute atomic E-state index is 0.164. The van der Waals surface area contributed by atoms with E-state index in [9.17, 15) is 14.0 Å². The molecule has 19 heavy (non-hydrogen) atoms. The lowest BCUT2D eigenvalue weighted by atomic mass is 10.2. The zero-order valence-electron chi connectivity index (χ0n) is 10.2. The van der Waals surface area contributed by atoms with Gasteiger partial charge in [-0.3, -0.25) is 4.79 Å². The fraction of sp³-hybridized carbons (Fsp3) is 0.333. The first-order valence-electron chi connectivity index (χ1n) is 5.41. The predicted molar refractivity (Wildman–Crippen MR) is 72.8 cm³/mol. The smallest absolute Gasteiger partial charge is 0.327 e. The average Bonchev–Trinajstić information content (AvgIpc) is 2.29. The monoisotopic (exact) mass is 305 g/mol. The zero-order valence-corrected chi connectivity index (χ0v) is 11.7. The summed E-state index contributed by atoms with van der Waals surface area (Å²) in [5.74, 6) is -1.47. The number of thioether (sulfide) groups is 1. The maximum atomic E-state index is 13.5. The Kier molecular flexibility index (Phi) is 6.11. The van der Waals surface area contributed by atoms with Gasteiger partial charge in [0.15, 0.2) is 0 Å². The van der Waals surface area contributed by atoms with Crippen molar-refractivity contribution in [2.75, 3.05) is 5.75 Å². The van der Waals surface area contributed by atoms with E-state index in [0.717, 1.165) is 0 Å². The molecular weight excluding hydrogens is 293 g/mol. The molecule has 104 valence electrons. The molecule has 0 saturated heterocycles. The number of carbonyl (C=O) groups is 2. The number of carboxylic acids is 1. The topological polar surface area (TPSA) is 66.4 Å². The summed E-state index contributed by atoms with van der Waals surface area (Å²) in [6.45, 7) is 1.25. The van der Waals surface area contributed by atoms with Crippen LogP contribution in [-0.4, -0.2) is 28.8 Å². The summed E-state index contributed by atoms with van der Waals surface area (Å²) >= 11 is 6.85. The van der Waals surface area contributed by atoms with Gasteiger partial charge in [-0.15, -0.1) is 0 Å². The molecule has 0 aromatic heterocycles. The molecule has 0 aliphatic carbocycles. The molecule has 0 fully saturated rings. The van der Waals surface area contributed by atoms with Gasteiger partial charge in [-0.25, -0.2) is 9.18 Å². The zero-order chi connectivity index (χ0) is 14.4. The molecular formula is C12H13ClFNO3S. The number of amides is 1. The number of carbonyl (C=O) groups excluding carboxylic acids is 1. The van der Waals surface area contributed by atoms with Crippen LogP contribution in [0.3, 0.4) is 0 Å². The van der Waals surface area contributed by atoms with E-state index in [1.165, 1.54) is 24.8 Å². The molecule has 1 unspecified atom stereocenters. The van der Waals surface area contributed by atoms with Crippen molar-refractivity contribution in [2.24, 2.45) is 0 Å². The van der Waals surface area contributed by atoms with Crippen LogP contribution in [0.15, 0.2) is 18.2 Å². The summed E-state index contributed by atoms with van der Waals surface area (Å²) in [6, 6.07) is 3.36. The number of hydrogen-bond acceptors (Lipinski definition) is 3. The molecule has 1 aromatic rings. The highest BCUT2D eigenvalue weighted by molar-refractivity contribution is 7.98. The van der Waals surface area contributed by atoms with Crippen LogP contribution < -0.4 is 5.32 Å². The third-order valence-corrected chi connectivity index (χ3v) is 3.55. The van der Waals surface area contributed by atoms with Crippen molar-refractivity contribution in [3.63, 3.8) is 0 Å². The summed E-state index contributed by atoms with van der Waals surface area (Å²) in [5, 5.41) is 11.5. The number of carboxylic acid groups (broad SMARTS) is 1. The van der Waals surface area contributed by atoms with Gasteiger partial charge in [0.1, 0.15) is 11.9 Å².